The molecule has 0 radical (unpaired) electrons. The maximum absolute atomic E-state index is 12.1. The van der Waals surface area contributed by atoms with Crippen LogP contribution in [0.4, 0.5) is 21.9 Å². The standard InChI is InChI=1S/C19H25N3O.ClH/c1-5-22(6-2)17-10-11-18(15(4)13-17)21-19(23)20-16-9-7-8-14(3)12-16;/h7-13H,5-6H2,1-4H3,(H2,20,21,23);1H/p-1. The Labute approximate surface area is 150 Å². The van der Waals surface area contributed by atoms with Gasteiger partial charge in [-0.2, -0.15) is 0 Å². The summed E-state index contributed by atoms with van der Waals surface area (Å²) in [4.78, 5) is 14.4. The zero-order chi connectivity index (χ0) is 16.8. The van der Waals surface area contributed by atoms with E-state index in [4.69, 9.17) is 0 Å². The number of rotatable bonds is 5. The molecule has 2 rings (SSSR count). The van der Waals surface area contributed by atoms with Crippen LogP contribution in [0.15, 0.2) is 42.5 Å². The molecule has 5 heteroatoms. The smallest absolute Gasteiger partial charge is 0.323 e. The second kappa shape index (κ2) is 9.18. The predicted molar refractivity (Wildman–Crippen MR) is 98.6 cm³/mol. The van der Waals surface area contributed by atoms with Crippen molar-refractivity contribution in [3.63, 3.8) is 0 Å². The summed E-state index contributed by atoms with van der Waals surface area (Å²) in [5.41, 5.74) is 4.96. The number of urea groups is 1. The first-order chi connectivity index (χ1) is 11.0. The maximum atomic E-state index is 12.1. The second-order valence-corrected chi connectivity index (χ2v) is 5.62. The van der Waals surface area contributed by atoms with Crippen molar-refractivity contribution in [2.75, 3.05) is 28.6 Å². The van der Waals surface area contributed by atoms with Crippen LogP contribution in [0.25, 0.3) is 0 Å². The van der Waals surface area contributed by atoms with Crippen LogP contribution in [-0.4, -0.2) is 19.1 Å². The quantitative estimate of drug-likeness (QED) is 0.867. The SMILES string of the molecule is CCN(CC)c1ccc(NC(=O)Nc2cccc(C)c2)c(C)c1.[Cl-]. The van der Waals surface area contributed by atoms with Crippen molar-refractivity contribution in [3.8, 4) is 0 Å². The van der Waals surface area contributed by atoms with E-state index in [0.29, 0.717) is 0 Å². The lowest BCUT2D eigenvalue weighted by Gasteiger charge is -2.22. The number of nitrogens with zero attached hydrogens (tertiary/aromatic N) is 1. The van der Waals surface area contributed by atoms with Gasteiger partial charge in [-0.3, -0.25) is 0 Å². The fourth-order valence-electron chi connectivity index (χ4n) is 2.58. The molecule has 0 atom stereocenters. The van der Waals surface area contributed by atoms with Gasteiger partial charge in [0.1, 0.15) is 0 Å². The average Bonchev–Trinajstić information content (AvgIpc) is 2.51. The van der Waals surface area contributed by atoms with E-state index in [1.807, 2.05) is 50.2 Å². The van der Waals surface area contributed by atoms with Gasteiger partial charge in [-0.25, -0.2) is 4.79 Å². The molecule has 4 nitrogen and oxygen atoms in total. The second-order valence-electron chi connectivity index (χ2n) is 5.62. The van der Waals surface area contributed by atoms with Gasteiger partial charge < -0.3 is 27.9 Å². The molecule has 2 amide bonds. The number of carbonyl (C=O) groups is 1. The molecule has 0 saturated heterocycles. The summed E-state index contributed by atoms with van der Waals surface area (Å²) < 4.78 is 0. The molecule has 2 N–H and O–H groups in total. The molecular formula is C19H25ClN3O-. The number of carbonyl (C=O) groups excluding carboxylic acids is 1. The van der Waals surface area contributed by atoms with Gasteiger partial charge in [-0.1, -0.05) is 12.1 Å². The van der Waals surface area contributed by atoms with Crippen LogP contribution < -0.4 is 27.9 Å². The van der Waals surface area contributed by atoms with Crippen LogP contribution in [0.5, 0.6) is 0 Å². The summed E-state index contributed by atoms with van der Waals surface area (Å²) in [6, 6.07) is 13.6. The van der Waals surface area contributed by atoms with Crippen LogP contribution >= 0.6 is 0 Å². The first kappa shape index (κ1) is 19.8. The molecule has 0 spiro atoms. The lowest BCUT2D eigenvalue weighted by atomic mass is 10.1. The van der Waals surface area contributed by atoms with E-state index in [-0.39, 0.29) is 18.4 Å². The molecule has 0 aliphatic carbocycles. The number of hydrogen-bond donors (Lipinski definition) is 2. The minimum absolute atomic E-state index is 0. The summed E-state index contributed by atoms with van der Waals surface area (Å²) in [6.45, 7) is 10.2. The summed E-state index contributed by atoms with van der Waals surface area (Å²) in [5.74, 6) is 0. The number of benzene rings is 2. The monoisotopic (exact) mass is 346 g/mol. The van der Waals surface area contributed by atoms with E-state index >= 15 is 0 Å². The summed E-state index contributed by atoms with van der Waals surface area (Å²) in [5, 5.41) is 5.77. The number of hydrogen-bond acceptors (Lipinski definition) is 2. The molecule has 0 aliphatic rings. The number of amides is 2. The molecule has 0 fully saturated rings. The number of nitrogens with one attached hydrogen (secondary N) is 2. The first-order valence-electron chi connectivity index (χ1n) is 8.03. The third-order valence-corrected chi connectivity index (χ3v) is 3.86. The Bertz CT molecular complexity index is 684. The molecular weight excluding hydrogens is 322 g/mol. The molecule has 130 valence electrons. The highest BCUT2D eigenvalue weighted by atomic mass is 35.5. The van der Waals surface area contributed by atoms with Crippen molar-refractivity contribution in [2.45, 2.75) is 27.7 Å². The minimum Gasteiger partial charge on any atom is -1.00 e. The lowest BCUT2D eigenvalue weighted by molar-refractivity contribution is -0.00000781. The van der Waals surface area contributed by atoms with Crippen LogP contribution in [0.3, 0.4) is 0 Å². The van der Waals surface area contributed by atoms with Gasteiger partial charge in [0.2, 0.25) is 0 Å². The van der Waals surface area contributed by atoms with Gasteiger partial charge >= 0.3 is 6.03 Å². The Kier molecular flexibility index (Phi) is 7.59. The van der Waals surface area contributed by atoms with Crippen LogP contribution in [-0.2, 0) is 0 Å². The molecule has 0 saturated carbocycles. The molecule has 2 aromatic rings. The molecule has 0 aliphatic heterocycles. The molecule has 24 heavy (non-hydrogen) atoms. The average molecular weight is 347 g/mol. The maximum Gasteiger partial charge on any atom is 0.323 e. The van der Waals surface area contributed by atoms with E-state index in [1.54, 1.807) is 0 Å². The number of halogens is 1. The minimum atomic E-state index is -0.228. The third kappa shape index (κ3) is 5.17. The number of aryl methyl sites for hydroxylation is 2. The summed E-state index contributed by atoms with van der Waals surface area (Å²) in [6.07, 6.45) is 0. The summed E-state index contributed by atoms with van der Waals surface area (Å²) >= 11 is 0. The van der Waals surface area contributed by atoms with E-state index in [9.17, 15) is 4.79 Å². The van der Waals surface area contributed by atoms with Gasteiger partial charge in [0.15, 0.2) is 0 Å². The lowest BCUT2D eigenvalue weighted by Crippen LogP contribution is -3.00. The first-order valence-corrected chi connectivity index (χ1v) is 8.03. The van der Waals surface area contributed by atoms with Crippen LogP contribution in [0.2, 0.25) is 0 Å². The topological polar surface area (TPSA) is 44.4 Å². The molecule has 0 bridgehead atoms. The van der Waals surface area contributed by atoms with Gasteiger partial charge in [0.25, 0.3) is 0 Å². The zero-order valence-corrected chi connectivity index (χ0v) is 15.4. The fraction of sp³-hybridized carbons (Fsp3) is 0.316. The molecule has 0 heterocycles. The third-order valence-electron chi connectivity index (χ3n) is 3.86. The zero-order valence-electron chi connectivity index (χ0n) is 14.7. The molecule has 0 aromatic heterocycles. The molecule has 2 aromatic carbocycles. The highest BCUT2D eigenvalue weighted by Crippen LogP contribution is 2.23. The van der Waals surface area contributed by atoms with E-state index in [2.05, 4.69) is 35.4 Å². The van der Waals surface area contributed by atoms with Crippen molar-refractivity contribution in [1.29, 1.82) is 0 Å². The predicted octanol–water partition coefficient (Wildman–Crippen LogP) is 1.80. The van der Waals surface area contributed by atoms with Gasteiger partial charge in [-0.05, 0) is 69.2 Å². The highest BCUT2D eigenvalue weighted by Gasteiger charge is 2.08. The Hall–Kier alpha value is -2.20. The highest BCUT2D eigenvalue weighted by molar-refractivity contribution is 6.00. The van der Waals surface area contributed by atoms with Crippen molar-refractivity contribution >= 4 is 23.1 Å². The Balaban J connectivity index is 0.00000288. The number of anilines is 3. The van der Waals surface area contributed by atoms with Gasteiger partial charge in [-0.15, -0.1) is 0 Å². The van der Waals surface area contributed by atoms with E-state index < -0.39 is 0 Å². The normalized spacial score (nSPS) is 9.83. The van der Waals surface area contributed by atoms with Crippen molar-refractivity contribution in [1.82, 2.24) is 0 Å². The molecule has 0 unspecified atom stereocenters. The van der Waals surface area contributed by atoms with Gasteiger partial charge in [0, 0.05) is 30.2 Å². The largest absolute Gasteiger partial charge is 1.00 e. The fourth-order valence-corrected chi connectivity index (χ4v) is 2.58. The van der Waals surface area contributed by atoms with Crippen molar-refractivity contribution in [3.05, 3.63) is 53.6 Å². The van der Waals surface area contributed by atoms with Crippen molar-refractivity contribution in [2.24, 2.45) is 0 Å². The van der Waals surface area contributed by atoms with E-state index in [1.165, 1.54) is 5.69 Å². The van der Waals surface area contributed by atoms with Gasteiger partial charge in [0.05, 0.1) is 0 Å². The Morgan fingerprint density at radius 2 is 1.71 bits per heavy atom. The summed E-state index contributed by atoms with van der Waals surface area (Å²) in [7, 11) is 0. The van der Waals surface area contributed by atoms with Crippen LogP contribution in [0, 0.1) is 13.8 Å². The van der Waals surface area contributed by atoms with Crippen LogP contribution in [0.1, 0.15) is 25.0 Å². The van der Waals surface area contributed by atoms with Crippen molar-refractivity contribution < 1.29 is 17.2 Å². The Morgan fingerprint density at radius 1 is 1.00 bits per heavy atom. The van der Waals surface area contributed by atoms with E-state index in [0.717, 1.165) is 35.6 Å². The Morgan fingerprint density at radius 3 is 2.29 bits per heavy atom.